The molecule has 1 aliphatic heterocycles. The standard InChI is InChI=1S/C25H37N3O2/c1-26(2)19-24(29)27(3)23(18-20-10-6-4-7-11-20)21-14-16-28(17-15-21)25(30)22-12-8-5-9-13-22/h4-8,10-11,21-23H,9,12-19H2,1-3H3/t22-,23-/m1/s1. The van der Waals surface area contributed by atoms with Gasteiger partial charge in [-0.2, -0.15) is 0 Å². The van der Waals surface area contributed by atoms with Gasteiger partial charge in [0.1, 0.15) is 0 Å². The predicted molar refractivity (Wildman–Crippen MR) is 121 cm³/mol. The van der Waals surface area contributed by atoms with Crippen molar-refractivity contribution in [2.75, 3.05) is 40.8 Å². The summed E-state index contributed by atoms with van der Waals surface area (Å²) in [7, 11) is 5.82. The van der Waals surface area contributed by atoms with Gasteiger partial charge < -0.3 is 14.7 Å². The summed E-state index contributed by atoms with van der Waals surface area (Å²) in [6, 6.07) is 10.6. The summed E-state index contributed by atoms with van der Waals surface area (Å²) in [4.78, 5) is 31.7. The molecule has 1 aromatic rings. The number of carbonyl (C=O) groups excluding carboxylic acids is 2. The van der Waals surface area contributed by atoms with Crippen molar-refractivity contribution in [3.8, 4) is 0 Å². The molecule has 0 saturated carbocycles. The number of likely N-dealkylation sites (N-methyl/N-ethyl adjacent to an activating group) is 2. The second-order valence-electron chi connectivity index (χ2n) is 9.14. The number of nitrogens with zero attached hydrogens (tertiary/aromatic N) is 3. The van der Waals surface area contributed by atoms with Gasteiger partial charge in [-0.1, -0.05) is 42.5 Å². The maximum absolute atomic E-state index is 12.9. The molecule has 0 bridgehead atoms. The van der Waals surface area contributed by atoms with Gasteiger partial charge in [0, 0.05) is 32.1 Å². The monoisotopic (exact) mass is 411 g/mol. The maximum Gasteiger partial charge on any atom is 0.236 e. The normalized spacial score (nSPS) is 20.9. The lowest BCUT2D eigenvalue weighted by atomic mass is 9.84. The van der Waals surface area contributed by atoms with E-state index in [1.165, 1.54) is 5.56 Å². The zero-order chi connectivity index (χ0) is 21.5. The molecular formula is C25H37N3O2. The molecule has 0 N–H and O–H groups in total. The fourth-order valence-electron chi connectivity index (χ4n) is 4.82. The molecule has 1 heterocycles. The quantitative estimate of drug-likeness (QED) is 0.647. The van der Waals surface area contributed by atoms with Gasteiger partial charge in [-0.3, -0.25) is 9.59 Å². The highest BCUT2D eigenvalue weighted by molar-refractivity contribution is 5.79. The van der Waals surface area contributed by atoms with Gasteiger partial charge >= 0.3 is 0 Å². The summed E-state index contributed by atoms with van der Waals surface area (Å²) in [6.07, 6.45) is 10.0. The lowest BCUT2D eigenvalue weighted by Crippen LogP contribution is -2.50. The van der Waals surface area contributed by atoms with Crippen LogP contribution in [0.25, 0.3) is 0 Å². The molecule has 30 heavy (non-hydrogen) atoms. The predicted octanol–water partition coefficient (Wildman–Crippen LogP) is 3.21. The first-order valence-corrected chi connectivity index (χ1v) is 11.3. The minimum Gasteiger partial charge on any atom is -0.342 e. The highest BCUT2D eigenvalue weighted by Crippen LogP contribution is 2.29. The second kappa shape index (κ2) is 10.8. The van der Waals surface area contributed by atoms with Crippen molar-refractivity contribution >= 4 is 11.8 Å². The van der Waals surface area contributed by atoms with Crippen LogP contribution in [0.4, 0.5) is 0 Å². The minimum absolute atomic E-state index is 0.161. The van der Waals surface area contributed by atoms with Crippen LogP contribution in [0, 0.1) is 11.8 Å². The van der Waals surface area contributed by atoms with Crippen LogP contribution in [0.5, 0.6) is 0 Å². The van der Waals surface area contributed by atoms with E-state index in [4.69, 9.17) is 0 Å². The number of hydrogen-bond donors (Lipinski definition) is 0. The highest BCUT2D eigenvalue weighted by Gasteiger charge is 2.34. The van der Waals surface area contributed by atoms with Crippen LogP contribution in [0.2, 0.25) is 0 Å². The molecular weight excluding hydrogens is 374 g/mol. The average Bonchev–Trinajstić information content (AvgIpc) is 2.77. The van der Waals surface area contributed by atoms with Crippen molar-refractivity contribution in [2.45, 2.75) is 44.6 Å². The van der Waals surface area contributed by atoms with Crippen LogP contribution < -0.4 is 0 Å². The van der Waals surface area contributed by atoms with E-state index in [1.54, 1.807) is 0 Å². The van der Waals surface area contributed by atoms with Crippen LogP contribution in [0.3, 0.4) is 0 Å². The van der Waals surface area contributed by atoms with Gasteiger partial charge in [0.25, 0.3) is 0 Å². The Kier molecular flexibility index (Phi) is 8.08. The summed E-state index contributed by atoms with van der Waals surface area (Å²) < 4.78 is 0. The number of rotatable bonds is 7. The van der Waals surface area contributed by atoms with E-state index in [-0.39, 0.29) is 17.9 Å². The first-order valence-electron chi connectivity index (χ1n) is 11.3. The molecule has 2 aliphatic rings. The van der Waals surface area contributed by atoms with Gasteiger partial charge in [-0.25, -0.2) is 0 Å². The summed E-state index contributed by atoms with van der Waals surface area (Å²) in [5.41, 5.74) is 1.26. The Balaban J connectivity index is 1.65. The summed E-state index contributed by atoms with van der Waals surface area (Å²) in [5.74, 6) is 1.07. The third-order valence-corrected chi connectivity index (χ3v) is 6.64. The summed E-state index contributed by atoms with van der Waals surface area (Å²) in [6.45, 7) is 2.05. The molecule has 2 atom stereocenters. The third kappa shape index (κ3) is 5.94. The lowest BCUT2D eigenvalue weighted by molar-refractivity contribution is -0.139. The number of hydrogen-bond acceptors (Lipinski definition) is 3. The van der Waals surface area contributed by atoms with Crippen molar-refractivity contribution in [1.82, 2.24) is 14.7 Å². The number of allylic oxidation sites excluding steroid dienone is 2. The zero-order valence-electron chi connectivity index (χ0n) is 18.8. The van der Waals surface area contributed by atoms with Crippen molar-refractivity contribution in [3.05, 3.63) is 48.0 Å². The smallest absolute Gasteiger partial charge is 0.236 e. The maximum atomic E-state index is 12.9. The molecule has 5 nitrogen and oxygen atoms in total. The Morgan fingerprint density at radius 3 is 2.33 bits per heavy atom. The molecule has 2 amide bonds. The van der Waals surface area contributed by atoms with Crippen molar-refractivity contribution in [3.63, 3.8) is 0 Å². The number of likely N-dealkylation sites (tertiary alicyclic amines) is 1. The fraction of sp³-hybridized carbons (Fsp3) is 0.600. The number of carbonyl (C=O) groups is 2. The molecule has 0 radical (unpaired) electrons. The first kappa shape index (κ1) is 22.5. The molecule has 1 aliphatic carbocycles. The number of piperidine rings is 1. The Morgan fingerprint density at radius 1 is 1.03 bits per heavy atom. The molecule has 3 rings (SSSR count). The number of benzene rings is 1. The van der Waals surface area contributed by atoms with Crippen LogP contribution >= 0.6 is 0 Å². The van der Waals surface area contributed by atoms with E-state index in [1.807, 2.05) is 37.0 Å². The van der Waals surface area contributed by atoms with E-state index >= 15 is 0 Å². The van der Waals surface area contributed by atoms with E-state index in [9.17, 15) is 9.59 Å². The van der Waals surface area contributed by atoms with Gasteiger partial charge in [0.2, 0.25) is 11.8 Å². The van der Waals surface area contributed by atoms with Gasteiger partial charge in [-0.15, -0.1) is 0 Å². The largest absolute Gasteiger partial charge is 0.342 e. The van der Waals surface area contributed by atoms with Crippen LogP contribution in [0.15, 0.2) is 42.5 Å². The molecule has 0 unspecified atom stereocenters. The van der Waals surface area contributed by atoms with Gasteiger partial charge in [0.15, 0.2) is 0 Å². The molecule has 1 aromatic carbocycles. The zero-order valence-corrected chi connectivity index (χ0v) is 18.8. The van der Waals surface area contributed by atoms with Crippen molar-refractivity contribution < 1.29 is 9.59 Å². The van der Waals surface area contributed by atoms with E-state index in [0.717, 1.165) is 51.6 Å². The molecule has 164 valence electrons. The summed E-state index contributed by atoms with van der Waals surface area (Å²) in [5, 5.41) is 0. The Hall–Kier alpha value is -2.14. The van der Waals surface area contributed by atoms with Crippen LogP contribution in [-0.4, -0.2) is 73.3 Å². The lowest BCUT2D eigenvalue weighted by Gasteiger charge is -2.41. The van der Waals surface area contributed by atoms with E-state index in [0.29, 0.717) is 18.4 Å². The van der Waals surface area contributed by atoms with Crippen LogP contribution in [0.1, 0.15) is 37.7 Å². The Labute approximate surface area is 181 Å². The van der Waals surface area contributed by atoms with Crippen LogP contribution in [-0.2, 0) is 16.0 Å². The second-order valence-corrected chi connectivity index (χ2v) is 9.14. The third-order valence-electron chi connectivity index (χ3n) is 6.64. The minimum atomic E-state index is 0.161. The molecule has 1 saturated heterocycles. The first-order chi connectivity index (χ1) is 14.5. The molecule has 0 aromatic heterocycles. The molecule has 0 spiro atoms. The fourth-order valence-corrected chi connectivity index (χ4v) is 4.82. The van der Waals surface area contributed by atoms with E-state index < -0.39 is 0 Å². The SMILES string of the molecule is CN(C)CC(=O)N(C)[C@H](Cc1ccccc1)C1CCN(C(=O)[C@@H]2CC=CCC2)CC1. The topological polar surface area (TPSA) is 43.9 Å². The van der Waals surface area contributed by atoms with Gasteiger partial charge in [0.05, 0.1) is 6.54 Å². The van der Waals surface area contributed by atoms with Gasteiger partial charge in [-0.05, 0) is 64.1 Å². The average molecular weight is 412 g/mol. The van der Waals surface area contributed by atoms with Crippen molar-refractivity contribution in [2.24, 2.45) is 11.8 Å². The van der Waals surface area contributed by atoms with E-state index in [2.05, 4.69) is 41.3 Å². The molecule has 5 heteroatoms. The Bertz CT molecular complexity index is 723. The van der Waals surface area contributed by atoms with Crippen molar-refractivity contribution in [1.29, 1.82) is 0 Å². The number of amides is 2. The molecule has 1 fully saturated rings. The summed E-state index contributed by atoms with van der Waals surface area (Å²) >= 11 is 0. The Morgan fingerprint density at radius 2 is 1.73 bits per heavy atom. The highest BCUT2D eigenvalue weighted by atomic mass is 16.2.